The van der Waals surface area contributed by atoms with Crippen LogP contribution in [0.4, 0.5) is 4.39 Å². The number of benzene rings is 1. The highest BCUT2D eigenvalue weighted by Gasteiger charge is 2.35. The predicted octanol–water partition coefficient (Wildman–Crippen LogP) is 2.33. The van der Waals surface area contributed by atoms with Crippen LogP contribution < -0.4 is 10.6 Å². The molecule has 1 aromatic carbocycles. The number of aromatic nitrogens is 2. The molecule has 0 aliphatic carbocycles. The molecule has 0 radical (unpaired) electrons. The number of carbonyl (C=O) groups is 2. The van der Waals surface area contributed by atoms with Crippen LogP contribution in [0.15, 0.2) is 18.2 Å². The average molecular weight is 416 g/mol. The monoisotopic (exact) mass is 415 g/mol. The Balaban J connectivity index is 2.05. The van der Waals surface area contributed by atoms with Crippen molar-refractivity contribution in [1.82, 2.24) is 25.1 Å². The van der Waals surface area contributed by atoms with Crippen LogP contribution in [0.3, 0.4) is 0 Å². The maximum absolute atomic E-state index is 14.7. The van der Waals surface area contributed by atoms with Crippen LogP contribution in [-0.2, 0) is 17.9 Å². The summed E-state index contributed by atoms with van der Waals surface area (Å²) in [6.07, 6.45) is 0. The number of nitrogens with zero attached hydrogens (tertiary/aromatic N) is 3. The van der Waals surface area contributed by atoms with Crippen molar-refractivity contribution in [3.05, 3.63) is 41.0 Å². The summed E-state index contributed by atoms with van der Waals surface area (Å²) in [7, 11) is 3.51. The predicted molar refractivity (Wildman–Crippen MR) is 113 cm³/mol. The first-order valence-corrected chi connectivity index (χ1v) is 10.1. The van der Waals surface area contributed by atoms with Gasteiger partial charge in [-0.3, -0.25) is 14.5 Å². The Bertz CT molecular complexity index is 977. The molecule has 0 bridgehead atoms. The number of fused-ring (bicyclic) bond motifs is 1. The first-order valence-electron chi connectivity index (χ1n) is 10.1. The second kappa shape index (κ2) is 8.18. The number of imidazole rings is 1. The number of rotatable bonds is 4. The molecule has 8 heteroatoms. The molecule has 1 aromatic heterocycles. The largest absolute Gasteiger partial charge is 0.357 e. The van der Waals surface area contributed by atoms with E-state index in [9.17, 15) is 14.0 Å². The van der Waals surface area contributed by atoms with Crippen molar-refractivity contribution in [2.75, 3.05) is 20.6 Å². The Morgan fingerprint density at radius 3 is 2.53 bits per heavy atom. The van der Waals surface area contributed by atoms with Gasteiger partial charge in [0.25, 0.3) is 5.91 Å². The van der Waals surface area contributed by atoms with Crippen LogP contribution in [0.2, 0.25) is 0 Å². The second-order valence-corrected chi connectivity index (χ2v) is 8.99. The first-order chi connectivity index (χ1) is 14.0. The fraction of sp³-hybridized carbons (Fsp3) is 0.500. The molecular weight excluding hydrogens is 385 g/mol. The van der Waals surface area contributed by atoms with E-state index >= 15 is 0 Å². The Morgan fingerprint density at radius 2 is 1.93 bits per heavy atom. The van der Waals surface area contributed by atoms with Crippen LogP contribution in [0.1, 0.15) is 42.5 Å². The molecular formula is C22H30FN5O2. The number of likely N-dealkylation sites (N-methyl/N-ethyl adjacent to an activating group) is 2. The SMILES string of the molecule is CNC(=O)C(NC(=O)c1nc(-c2ccc(C)cc2F)n2c1CN(C)CC2)C(C)(C)C. The van der Waals surface area contributed by atoms with E-state index < -0.39 is 17.4 Å². The number of halogens is 1. The summed E-state index contributed by atoms with van der Waals surface area (Å²) < 4.78 is 16.6. The highest BCUT2D eigenvalue weighted by molar-refractivity contribution is 5.97. The number of carbonyl (C=O) groups excluding carboxylic acids is 2. The van der Waals surface area contributed by atoms with Crippen LogP contribution in [-0.4, -0.2) is 52.9 Å². The Morgan fingerprint density at radius 1 is 1.23 bits per heavy atom. The molecule has 0 saturated heterocycles. The van der Waals surface area contributed by atoms with Gasteiger partial charge in [0, 0.05) is 26.7 Å². The minimum absolute atomic E-state index is 0.231. The molecule has 162 valence electrons. The first kappa shape index (κ1) is 22.0. The van der Waals surface area contributed by atoms with E-state index in [1.54, 1.807) is 13.1 Å². The lowest BCUT2D eigenvalue weighted by molar-refractivity contribution is -0.124. The molecule has 1 aliphatic heterocycles. The van der Waals surface area contributed by atoms with Gasteiger partial charge < -0.3 is 15.2 Å². The quantitative estimate of drug-likeness (QED) is 0.803. The third kappa shape index (κ3) is 4.23. The maximum Gasteiger partial charge on any atom is 0.272 e. The summed E-state index contributed by atoms with van der Waals surface area (Å²) >= 11 is 0. The Hall–Kier alpha value is -2.74. The van der Waals surface area contributed by atoms with Gasteiger partial charge in [-0.1, -0.05) is 26.8 Å². The zero-order valence-electron chi connectivity index (χ0n) is 18.5. The smallest absolute Gasteiger partial charge is 0.272 e. The van der Waals surface area contributed by atoms with Gasteiger partial charge in [0.2, 0.25) is 5.91 Å². The Kier molecular flexibility index (Phi) is 5.99. The van der Waals surface area contributed by atoms with Crippen LogP contribution in [0.5, 0.6) is 0 Å². The summed E-state index contributed by atoms with van der Waals surface area (Å²) in [5, 5.41) is 5.44. The molecule has 1 atom stereocenters. The fourth-order valence-electron chi connectivity index (χ4n) is 3.70. The molecule has 30 heavy (non-hydrogen) atoms. The van der Waals surface area contributed by atoms with E-state index in [-0.39, 0.29) is 17.4 Å². The number of aryl methyl sites for hydroxylation is 1. The molecule has 1 aliphatic rings. The lowest BCUT2D eigenvalue weighted by atomic mass is 9.86. The summed E-state index contributed by atoms with van der Waals surface area (Å²) in [6.45, 7) is 9.38. The zero-order chi connectivity index (χ0) is 22.2. The van der Waals surface area contributed by atoms with Gasteiger partial charge in [0.15, 0.2) is 5.69 Å². The number of hydrogen-bond acceptors (Lipinski definition) is 4. The van der Waals surface area contributed by atoms with E-state index in [0.29, 0.717) is 24.5 Å². The molecule has 7 nitrogen and oxygen atoms in total. The molecule has 2 N–H and O–H groups in total. The standard InChI is InChI=1S/C22H30FN5O2/c1-13-7-8-14(15(23)11-13)19-25-17(16-12-27(6)9-10-28(16)19)20(29)26-18(21(30)24-5)22(2,3)4/h7-8,11,18H,9-10,12H2,1-6H3,(H,24,30)(H,26,29). The highest BCUT2D eigenvalue weighted by atomic mass is 19.1. The van der Waals surface area contributed by atoms with Crippen LogP contribution in [0, 0.1) is 18.2 Å². The van der Waals surface area contributed by atoms with E-state index in [1.165, 1.54) is 6.07 Å². The van der Waals surface area contributed by atoms with Crippen molar-refractivity contribution in [3.63, 3.8) is 0 Å². The van der Waals surface area contributed by atoms with E-state index in [2.05, 4.69) is 20.5 Å². The maximum atomic E-state index is 14.7. The van der Waals surface area contributed by atoms with E-state index in [4.69, 9.17) is 0 Å². The van der Waals surface area contributed by atoms with Gasteiger partial charge in [-0.05, 0) is 37.1 Å². The topological polar surface area (TPSA) is 79.3 Å². The van der Waals surface area contributed by atoms with Crippen molar-refractivity contribution in [3.8, 4) is 11.4 Å². The van der Waals surface area contributed by atoms with Crippen molar-refractivity contribution >= 4 is 11.8 Å². The summed E-state index contributed by atoms with van der Waals surface area (Å²) in [6, 6.07) is 4.26. The molecule has 0 fully saturated rings. The third-order valence-electron chi connectivity index (χ3n) is 5.43. The van der Waals surface area contributed by atoms with Gasteiger partial charge in [0.1, 0.15) is 17.7 Å². The zero-order valence-corrected chi connectivity index (χ0v) is 18.5. The molecule has 3 rings (SSSR count). The van der Waals surface area contributed by atoms with Gasteiger partial charge in [-0.15, -0.1) is 0 Å². The molecule has 1 unspecified atom stereocenters. The minimum Gasteiger partial charge on any atom is -0.357 e. The second-order valence-electron chi connectivity index (χ2n) is 8.99. The molecule has 2 amide bonds. The van der Waals surface area contributed by atoms with Gasteiger partial charge >= 0.3 is 0 Å². The van der Waals surface area contributed by atoms with Crippen molar-refractivity contribution in [1.29, 1.82) is 0 Å². The van der Waals surface area contributed by atoms with Crippen molar-refractivity contribution in [2.45, 2.75) is 46.8 Å². The van der Waals surface area contributed by atoms with Gasteiger partial charge in [-0.25, -0.2) is 9.37 Å². The van der Waals surface area contributed by atoms with E-state index in [1.807, 2.05) is 45.4 Å². The lowest BCUT2D eigenvalue weighted by Gasteiger charge is -2.30. The van der Waals surface area contributed by atoms with Crippen LogP contribution in [0.25, 0.3) is 11.4 Å². The highest BCUT2D eigenvalue weighted by Crippen LogP contribution is 2.29. The summed E-state index contributed by atoms with van der Waals surface area (Å²) in [4.78, 5) is 32.2. The van der Waals surface area contributed by atoms with Crippen molar-refractivity contribution < 1.29 is 14.0 Å². The average Bonchev–Trinajstić information content (AvgIpc) is 3.03. The van der Waals surface area contributed by atoms with E-state index in [0.717, 1.165) is 17.8 Å². The number of hydrogen-bond donors (Lipinski definition) is 2. The lowest BCUT2D eigenvalue weighted by Crippen LogP contribution is -2.53. The molecule has 2 heterocycles. The third-order valence-corrected chi connectivity index (χ3v) is 5.43. The number of nitrogens with one attached hydrogen (secondary N) is 2. The molecule has 0 spiro atoms. The number of amides is 2. The van der Waals surface area contributed by atoms with Gasteiger partial charge in [0.05, 0.1) is 11.3 Å². The minimum atomic E-state index is -0.728. The summed E-state index contributed by atoms with van der Waals surface area (Å²) in [5.74, 6) is -0.637. The molecule has 0 saturated carbocycles. The van der Waals surface area contributed by atoms with Crippen LogP contribution >= 0.6 is 0 Å². The van der Waals surface area contributed by atoms with Gasteiger partial charge in [-0.2, -0.15) is 0 Å². The normalized spacial score (nSPS) is 15.4. The summed E-state index contributed by atoms with van der Waals surface area (Å²) in [5.41, 5.74) is 1.65. The fourth-order valence-corrected chi connectivity index (χ4v) is 3.70. The molecule has 2 aromatic rings. The van der Waals surface area contributed by atoms with Crippen molar-refractivity contribution in [2.24, 2.45) is 5.41 Å². The Labute approximate surface area is 176 Å².